The van der Waals surface area contributed by atoms with Gasteiger partial charge in [-0.05, 0) is 49.7 Å². The second kappa shape index (κ2) is 7.91. The molecule has 1 N–H and O–H groups in total. The quantitative estimate of drug-likeness (QED) is 0.765. The number of hydrogen-bond donors (Lipinski definition) is 1. The van der Waals surface area contributed by atoms with Crippen LogP contribution in [0.3, 0.4) is 0 Å². The molecular weight excluding hydrogens is 406 g/mol. The molecular formula is C19H22ClNO4S2. The first kappa shape index (κ1) is 20.3. The Morgan fingerprint density at radius 2 is 1.67 bits per heavy atom. The van der Waals surface area contributed by atoms with Crippen molar-refractivity contribution in [3.63, 3.8) is 0 Å². The van der Waals surface area contributed by atoms with E-state index in [2.05, 4.69) is 5.32 Å². The Bertz CT molecular complexity index is 1000. The summed E-state index contributed by atoms with van der Waals surface area (Å²) >= 11 is 5.87. The fourth-order valence-electron chi connectivity index (χ4n) is 3.27. The molecule has 27 heavy (non-hydrogen) atoms. The predicted octanol–water partition coefficient (Wildman–Crippen LogP) is 2.42. The van der Waals surface area contributed by atoms with Crippen molar-refractivity contribution in [3.8, 4) is 0 Å². The third-order valence-corrected chi connectivity index (χ3v) is 9.20. The minimum absolute atomic E-state index is 0.163. The van der Waals surface area contributed by atoms with Gasteiger partial charge in [0, 0.05) is 11.1 Å². The summed E-state index contributed by atoms with van der Waals surface area (Å²) in [7, 11) is -7.14. The number of sulfone groups is 2. The first-order valence-corrected chi connectivity index (χ1v) is 12.4. The monoisotopic (exact) mass is 427 g/mol. The van der Waals surface area contributed by atoms with Crippen LogP contribution in [0.15, 0.2) is 53.4 Å². The Morgan fingerprint density at radius 1 is 1.04 bits per heavy atom. The maximum absolute atomic E-state index is 13.0. The van der Waals surface area contributed by atoms with E-state index in [1.165, 1.54) is 0 Å². The Morgan fingerprint density at radius 3 is 2.30 bits per heavy atom. The summed E-state index contributed by atoms with van der Waals surface area (Å²) in [5, 5.41) is 2.82. The molecule has 1 fully saturated rings. The molecule has 0 aromatic heterocycles. The van der Waals surface area contributed by atoms with Gasteiger partial charge < -0.3 is 5.32 Å². The van der Waals surface area contributed by atoms with Crippen molar-refractivity contribution in [1.29, 1.82) is 0 Å². The number of nitrogens with one attached hydrogen (secondary N) is 1. The van der Waals surface area contributed by atoms with Crippen LogP contribution in [0.5, 0.6) is 0 Å². The highest BCUT2D eigenvalue weighted by atomic mass is 35.5. The molecule has 0 unspecified atom stereocenters. The molecule has 3 rings (SSSR count). The van der Waals surface area contributed by atoms with Crippen molar-refractivity contribution in [2.24, 2.45) is 0 Å². The van der Waals surface area contributed by atoms with Crippen molar-refractivity contribution in [3.05, 3.63) is 64.7 Å². The average Bonchev–Trinajstić information content (AvgIpc) is 2.92. The van der Waals surface area contributed by atoms with Crippen LogP contribution in [-0.4, -0.2) is 46.2 Å². The van der Waals surface area contributed by atoms with E-state index < -0.39 is 31.0 Å². The summed E-state index contributed by atoms with van der Waals surface area (Å²) in [6.07, 6.45) is 0.658. The fourth-order valence-corrected chi connectivity index (χ4v) is 8.11. The van der Waals surface area contributed by atoms with E-state index in [9.17, 15) is 16.8 Å². The SMILES string of the molecule is Cc1ccc(S(=O)(=O)[C@@H]2CS(=O)(=O)C[C@H]2NCCc2ccc(Cl)cc2)cc1. The molecule has 2 atom stereocenters. The van der Waals surface area contributed by atoms with E-state index in [4.69, 9.17) is 11.6 Å². The summed E-state index contributed by atoms with van der Waals surface area (Å²) in [6, 6.07) is 13.3. The molecule has 1 aliphatic rings. The summed E-state index contributed by atoms with van der Waals surface area (Å²) in [4.78, 5) is 0.166. The number of benzene rings is 2. The maximum Gasteiger partial charge on any atom is 0.183 e. The van der Waals surface area contributed by atoms with Crippen molar-refractivity contribution < 1.29 is 16.8 Å². The third kappa shape index (κ3) is 4.90. The Balaban J connectivity index is 1.74. The maximum atomic E-state index is 13.0. The van der Waals surface area contributed by atoms with Crippen LogP contribution in [0, 0.1) is 6.92 Å². The highest BCUT2D eigenvalue weighted by molar-refractivity contribution is 7.96. The first-order valence-electron chi connectivity index (χ1n) is 8.66. The van der Waals surface area contributed by atoms with Gasteiger partial charge in [-0.25, -0.2) is 16.8 Å². The molecule has 0 spiro atoms. The lowest BCUT2D eigenvalue weighted by Crippen LogP contribution is -2.44. The van der Waals surface area contributed by atoms with Crippen molar-refractivity contribution in [2.75, 3.05) is 18.1 Å². The fraction of sp³-hybridized carbons (Fsp3) is 0.368. The van der Waals surface area contributed by atoms with E-state index >= 15 is 0 Å². The van der Waals surface area contributed by atoms with Crippen LogP contribution in [0.25, 0.3) is 0 Å². The van der Waals surface area contributed by atoms with Crippen molar-refractivity contribution in [1.82, 2.24) is 5.32 Å². The Hall–Kier alpha value is -1.41. The summed E-state index contributed by atoms with van der Waals surface area (Å²) < 4.78 is 50.3. The molecule has 5 nitrogen and oxygen atoms in total. The van der Waals surface area contributed by atoms with Crippen LogP contribution in [-0.2, 0) is 26.1 Å². The summed E-state index contributed by atoms with van der Waals surface area (Å²) in [5.74, 6) is -0.509. The van der Waals surface area contributed by atoms with E-state index in [1.807, 2.05) is 19.1 Å². The lowest BCUT2D eigenvalue weighted by atomic mass is 10.1. The third-order valence-electron chi connectivity index (χ3n) is 4.78. The normalized spacial score (nSPS) is 22.0. The molecule has 0 radical (unpaired) electrons. The topological polar surface area (TPSA) is 80.3 Å². The molecule has 0 aliphatic carbocycles. The molecule has 0 bridgehead atoms. The van der Waals surface area contributed by atoms with E-state index in [-0.39, 0.29) is 16.4 Å². The van der Waals surface area contributed by atoms with Crippen LogP contribution in [0.2, 0.25) is 5.02 Å². The smallest absolute Gasteiger partial charge is 0.183 e. The second-order valence-electron chi connectivity index (χ2n) is 6.91. The standard InChI is InChI=1S/C19H22ClNO4S2/c1-14-2-8-17(9-3-14)27(24,25)19-13-26(22,23)12-18(19)21-11-10-15-4-6-16(20)7-5-15/h2-9,18-19,21H,10-13H2,1H3/t18-,19-/m1/s1. The molecule has 1 heterocycles. The van der Waals surface area contributed by atoms with E-state index in [0.29, 0.717) is 18.0 Å². The van der Waals surface area contributed by atoms with Gasteiger partial charge in [-0.3, -0.25) is 0 Å². The highest BCUT2D eigenvalue weighted by Gasteiger charge is 2.45. The van der Waals surface area contributed by atoms with Crippen LogP contribution in [0.4, 0.5) is 0 Å². The lowest BCUT2D eigenvalue weighted by molar-refractivity contribution is 0.528. The number of hydrogen-bond acceptors (Lipinski definition) is 5. The van der Waals surface area contributed by atoms with Gasteiger partial charge in [-0.15, -0.1) is 0 Å². The number of rotatable bonds is 6. The summed E-state index contributed by atoms with van der Waals surface area (Å²) in [6.45, 7) is 2.36. The molecule has 8 heteroatoms. The zero-order chi connectivity index (χ0) is 19.7. The number of aryl methyl sites for hydroxylation is 1. The van der Waals surface area contributed by atoms with Gasteiger partial charge in [-0.1, -0.05) is 41.4 Å². The Kier molecular flexibility index (Phi) is 5.96. The molecule has 146 valence electrons. The zero-order valence-corrected chi connectivity index (χ0v) is 17.3. The largest absolute Gasteiger partial charge is 0.311 e. The molecule has 1 saturated heterocycles. The van der Waals surface area contributed by atoms with Crippen molar-refractivity contribution >= 4 is 31.3 Å². The van der Waals surface area contributed by atoms with Gasteiger partial charge in [0.1, 0.15) is 0 Å². The Labute approximate surface area is 165 Å². The second-order valence-corrected chi connectivity index (χ2v) is 11.7. The molecule has 0 saturated carbocycles. The van der Waals surface area contributed by atoms with Gasteiger partial charge >= 0.3 is 0 Å². The average molecular weight is 428 g/mol. The molecule has 1 aliphatic heterocycles. The predicted molar refractivity (Wildman–Crippen MR) is 108 cm³/mol. The zero-order valence-electron chi connectivity index (χ0n) is 14.9. The van der Waals surface area contributed by atoms with Crippen LogP contribution >= 0.6 is 11.6 Å². The van der Waals surface area contributed by atoms with Gasteiger partial charge in [0.25, 0.3) is 0 Å². The summed E-state index contributed by atoms with van der Waals surface area (Å²) in [5.41, 5.74) is 2.00. The van der Waals surface area contributed by atoms with Crippen LogP contribution in [0.1, 0.15) is 11.1 Å². The van der Waals surface area contributed by atoms with Crippen molar-refractivity contribution in [2.45, 2.75) is 29.5 Å². The lowest BCUT2D eigenvalue weighted by Gasteiger charge is -2.20. The van der Waals surface area contributed by atoms with Gasteiger partial charge in [0.2, 0.25) is 0 Å². The molecule has 0 amide bonds. The minimum Gasteiger partial charge on any atom is -0.311 e. The first-order chi connectivity index (χ1) is 12.7. The van der Waals surface area contributed by atoms with Gasteiger partial charge in [0.05, 0.1) is 21.7 Å². The van der Waals surface area contributed by atoms with Gasteiger partial charge in [-0.2, -0.15) is 0 Å². The minimum atomic E-state index is -3.74. The highest BCUT2D eigenvalue weighted by Crippen LogP contribution is 2.26. The molecule has 2 aromatic carbocycles. The van der Waals surface area contributed by atoms with Crippen LogP contribution < -0.4 is 5.32 Å². The van der Waals surface area contributed by atoms with E-state index in [0.717, 1.165) is 11.1 Å². The number of halogens is 1. The van der Waals surface area contributed by atoms with Gasteiger partial charge in [0.15, 0.2) is 19.7 Å². The van der Waals surface area contributed by atoms with E-state index in [1.54, 1.807) is 36.4 Å². The molecule has 2 aromatic rings.